The maximum atomic E-state index is 13.6. The molecule has 2 aromatic carbocycles. The van der Waals surface area contributed by atoms with Crippen molar-refractivity contribution in [3.63, 3.8) is 0 Å². The van der Waals surface area contributed by atoms with Crippen molar-refractivity contribution in [2.45, 2.75) is 45.7 Å². The molecular weight excluding hydrogens is 547 g/mol. The first kappa shape index (κ1) is 28.8. The van der Waals surface area contributed by atoms with Crippen molar-refractivity contribution in [2.24, 2.45) is 5.92 Å². The summed E-state index contributed by atoms with van der Waals surface area (Å²) in [5.41, 5.74) is 0.194. The second-order valence-corrected chi connectivity index (χ2v) is 11.1. The molecule has 0 aromatic heterocycles. The van der Waals surface area contributed by atoms with Crippen molar-refractivity contribution in [3.05, 3.63) is 64.6 Å². The van der Waals surface area contributed by atoms with Crippen LogP contribution >= 0.6 is 24.0 Å². The van der Waals surface area contributed by atoms with Gasteiger partial charge < -0.3 is 5.32 Å². The van der Waals surface area contributed by atoms with Crippen molar-refractivity contribution in [1.29, 1.82) is 0 Å². The van der Waals surface area contributed by atoms with Gasteiger partial charge in [0.1, 0.15) is 10.9 Å². The minimum absolute atomic E-state index is 0.0376. The third-order valence-electron chi connectivity index (χ3n) is 6.76. The molecule has 206 valence electrons. The molecule has 2 heterocycles. The van der Waals surface area contributed by atoms with Crippen LogP contribution in [-0.4, -0.2) is 40.0 Å². The van der Waals surface area contributed by atoms with Gasteiger partial charge in [-0.15, -0.1) is 0 Å². The summed E-state index contributed by atoms with van der Waals surface area (Å²) in [6, 6.07) is 11.1. The van der Waals surface area contributed by atoms with Crippen LogP contribution < -0.4 is 10.2 Å². The Morgan fingerprint density at radius 3 is 2.49 bits per heavy atom. The molecule has 0 unspecified atom stereocenters. The molecule has 0 saturated carbocycles. The van der Waals surface area contributed by atoms with Crippen LogP contribution in [0.15, 0.2) is 53.4 Å². The second kappa shape index (κ2) is 11.9. The summed E-state index contributed by atoms with van der Waals surface area (Å²) < 4.78 is 39.6. The number of carbonyl (C=O) groups excluding carboxylic acids is 3. The largest absolute Gasteiger partial charge is 0.416 e. The highest BCUT2D eigenvalue weighted by Crippen LogP contribution is 2.44. The molecule has 39 heavy (non-hydrogen) atoms. The lowest BCUT2D eigenvalue weighted by molar-refractivity contribution is -0.137. The van der Waals surface area contributed by atoms with Crippen molar-refractivity contribution < 1.29 is 27.6 Å². The van der Waals surface area contributed by atoms with Crippen LogP contribution in [0.1, 0.15) is 50.7 Å². The van der Waals surface area contributed by atoms with Gasteiger partial charge >= 0.3 is 6.18 Å². The SMILES string of the molecule is CCCC[C@H](CC)CN1C(=O)/C(=C2/C(=O)N(CC(=O)Nc3cccc(C(F)(F)F)c3)c3ccccc32)SC1=S. The van der Waals surface area contributed by atoms with Crippen LogP contribution in [0.2, 0.25) is 0 Å². The minimum Gasteiger partial charge on any atom is -0.325 e. The first-order valence-corrected chi connectivity index (χ1v) is 13.9. The van der Waals surface area contributed by atoms with Crippen LogP contribution in [-0.2, 0) is 20.6 Å². The third-order valence-corrected chi connectivity index (χ3v) is 8.21. The number of rotatable bonds is 9. The van der Waals surface area contributed by atoms with Crippen LogP contribution in [0.3, 0.4) is 0 Å². The number of thiocarbonyl (C=S) groups is 1. The van der Waals surface area contributed by atoms with E-state index < -0.39 is 30.1 Å². The van der Waals surface area contributed by atoms with Gasteiger partial charge in [0.25, 0.3) is 11.8 Å². The second-order valence-electron chi connectivity index (χ2n) is 9.44. The molecule has 4 rings (SSSR count). The van der Waals surface area contributed by atoms with Gasteiger partial charge in [-0.3, -0.25) is 24.2 Å². The van der Waals surface area contributed by atoms with E-state index in [1.807, 2.05) is 0 Å². The van der Waals surface area contributed by atoms with Gasteiger partial charge in [-0.25, -0.2) is 0 Å². The highest BCUT2D eigenvalue weighted by molar-refractivity contribution is 8.26. The van der Waals surface area contributed by atoms with E-state index in [4.69, 9.17) is 12.2 Å². The molecule has 11 heteroatoms. The average Bonchev–Trinajstić information content (AvgIpc) is 3.32. The highest BCUT2D eigenvalue weighted by Gasteiger charge is 2.42. The van der Waals surface area contributed by atoms with Gasteiger partial charge in [0.05, 0.1) is 21.7 Å². The lowest BCUT2D eigenvalue weighted by Crippen LogP contribution is -2.36. The summed E-state index contributed by atoms with van der Waals surface area (Å²) in [7, 11) is 0. The number of hydrogen-bond donors (Lipinski definition) is 1. The lowest BCUT2D eigenvalue weighted by atomic mass is 9.98. The first-order chi connectivity index (χ1) is 18.5. The molecular formula is C28H28F3N3O3S2. The Labute approximate surface area is 234 Å². The van der Waals surface area contributed by atoms with Gasteiger partial charge in [0.15, 0.2) is 0 Å². The van der Waals surface area contributed by atoms with Gasteiger partial charge in [-0.2, -0.15) is 13.2 Å². The van der Waals surface area contributed by atoms with E-state index in [1.54, 1.807) is 29.2 Å². The van der Waals surface area contributed by atoms with E-state index in [0.717, 1.165) is 49.6 Å². The number of anilines is 2. The topological polar surface area (TPSA) is 69.7 Å². The van der Waals surface area contributed by atoms with Crippen molar-refractivity contribution >= 4 is 63.0 Å². The molecule has 1 N–H and O–H groups in total. The smallest absolute Gasteiger partial charge is 0.325 e. The van der Waals surface area contributed by atoms with Crippen LogP contribution in [0.5, 0.6) is 0 Å². The number of fused-ring (bicyclic) bond motifs is 1. The summed E-state index contributed by atoms with van der Waals surface area (Å²) in [6.07, 6.45) is -0.566. The standard InChI is InChI=1S/C28H28F3N3O3S2/c1-3-5-9-17(4-2)15-34-26(37)24(39-27(34)38)23-20-12-6-7-13-21(20)33(25(23)36)16-22(35)32-19-11-8-10-18(14-19)28(29,30)31/h6-8,10-14,17H,3-5,9,15-16H2,1-2H3,(H,32,35)/b24-23-/t17-/m0/s1. The first-order valence-electron chi connectivity index (χ1n) is 12.7. The molecule has 2 aliphatic heterocycles. The summed E-state index contributed by atoms with van der Waals surface area (Å²) in [6.45, 7) is 4.24. The number of nitrogens with zero attached hydrogens (tertiary/aromatic N) is 2. The zero-order valence-corrected chi connectivity index (χ0v) is 23.1. The molecule has 0 spiro atoms. The average molecular weight is 576 g/mol. The van der Waals surface area contributed by atoms with Crippen LogP contribution in [0, 0.1) is 5.92 Å². The monoisotopic (exact) mass is 575 g/mol. The molecule has 1 saturated heterocycles. The van der Waals surface area contributed by atoms with E-state index >= 15 is 0 Å². The number of carbonyl (C=O) groups is 3. The van der Waals surface area contributed by atoms with Crippen molar-refractivity contribution in [3.8, 4) is 0 Å². The Balaban J connectivity index is 1.57. The predicted octanol–water partition coefficient (Wildman–Crippen LogP) is 6.48. The van der Waals surface area contributed by atoms with Crippen molar-refractivity contribution in [2.75, 3.05) is 23.3 Å². The number of halogens is 3. The Hall–Kier alpha value is -3.18. The molecule has 2 aromatic rings. The predicted molar refractivity (Wildman–Crippen MR) is 151 cm³/mol. The number of alkyl halides is 3. The zero-order chi connectivity index (χ0) is 28.3. The Bertz CT molecular complexity index is 1340. The fourth-order valence-corrected chi connectivity index (χ4v) is 6.00. The molecule has 2 aliphatic rings. The fraction of sp³-hybridized carbons (Fsp3) is 0.357. The van der Waals surface area contributed by atoms with E-state index in [9.17, 15) is 27.6 Å². The molecule has 1 fully saturated rings. The van der Waals surface area contributed by atoms with Gasteiger partial charge in [-0.05, 0) is 36.6 Å². The van der Waals surface area contributed by atoms with E-state index in [2.05, 4.69) is 19.2 Å². The van der Waals surface area contributed by atoms with Crippen molar-refractivity contribution in [1.82, 2.24) is 4.90 Å². The quantitative estimate of drug-likeness (QED) is 0.274. The van der Waals surface area contributed by atoms with Gasteiger partial charge in [-0.1, -0.05) is 81.4 Å². The fourth-order valence-electron chi connectivity index (χ4n) is 4.66. The molecule has 1 atom stereocenters. The molecule has 0 radical (unpaired) electrons. The van der Waals surface area contributed by atoms with Crippen LogP contribution in [0.4, 0.5) is 24.5 Å². The minimum atomic E-state index is -4.56. The highest BCUT2D eigenvalue weighted by atomic mass is 32.2. The number of unbranched alkanes of at least 4 members (excludes halogenated alkanes) is 1. The maximum absolute atomic E-state index is 13.6. The number of hydrogen-bond acceptors (Lipinski definition) is 5. The number of thioether (sulfide) groups is 1. The van der Waals surface area contributed by atoms with E-state index in [1.165, 1.54) is 17.0 Å². The van der Waals surface area contributed by atoms with Gasteiger partial charge in [0.2, 0.25) is 5.91 Å². The lowest BCUT2D eigenvalue weighted by Gasteiger charge is -2.21. The maximum Gasteiger partial charge on any atom is 0.416 e. The Kier molecular flexibility index (Phi) is 8.80. The zero-order valence-electron chi connectivity index (χ0n) is 21.5. The normalized spacial score (nSPS) is 18.1. The third kappa shape index (κ3) is 6.19. The van der Waals surface area contributed by atoms with E-state index in [0.29, 0.717) is 28.0 Å². The van der Waals surface area contributed by atoms with Crippen LogP contribution in [0.25, 0.3) is 5.57 Å². The Morgan fingerprint density at radius 1 is 1.05 bits per heavy atom. The summed E-state index contributed by atoms with van der Waals surface area (Å²) in [5, 5.41) is 2.43. The summed E-state index contributed by atoms with van der Waals surface area (Å²) in [5.74, 6) is -1.24. The number of para-hydroxylation sites is 1. The molecule has 0 bridgehead atoms. The molecule has 3 amide bonds. The number of amides is 3. The summed E-state index contributed by atoms with van der Waals surface area (Å²) >= 11 is 6.60. The summed E-state index contributed by atoms with van der Waals surface area (Å²) in [4.78, 5) is 42.9. The number of nitrogens with one attached hydrogen (secondary N) is 1. The van der Waals surface area contributed by atoms with Gasteiger partial charge in [0, 0.05) is 17.8 Å². The molecule has 6 nitrogen and oxygen atoms in total. The van der Waals surface area contributed by atoms with E-state index in [-0.39, 0.29) is 22.1 Å². The Morgan fingerprint density at radius 2 is 1.79 bits per heavy atom. The molecule has 0 aliphatic carbocycles. The number of benzene rings is 2.